The van der Waals surface area contributed by atoms with Gasteiger partial charge in [0.1, 0.15) is 0 Å². The van der Waals surface area contributed by atoms with E-state index in [1.807, 2.05) is 0 Å². The second kappa shape index (κ2) is 8.40. The van der Waals surface area contributed by atoms with Crippen molar-refractivity contribution in [2.45, 2.75) is 26.8 Å². The van der Waals surface area contributed by atoms with Gasteiger partial charge in [0.25, 0.3) is 0 Å². The van der Waals surface area contributed by atoms with E-state index in [9.17, 15) is 0 Å². The van der Waals surface area contributed by atoms with Crippen molar-refractivity contribution >= 4 is 0 Å². The van der Waals surface area contributed by atoms with Crippen molar-refractivity contribution in [3.05, 3.63) is 35.4 Å². The maximum Gasteiger partial charge on any atom is 0.0424 e. The predicted octanol–water partition coefficient (Wildman–Crippen LogP) is 2.51. The van der Waals surface area contributed by atoms with Gasteiger partial charge in [-0.15, -0.1) is 0 Å². The van der Waals surface area contributed by atoms with Gasteiger partial charge in [0, 0.05) is 32.2 Å². The lowest BCUT2D eigenvalue weighted by Crippen LogP contribution is -2.39. The molecular formula is C17H31N3. The Kier molecular flexibility index (Phi) is 7.20. The third kappa shape index (κ3) is 6.51. The summed E-state index contributed by atoms with van der Waals surface area (Å²) < 4.78 is 0. The number of aryl methyl sites for hydroxylation is 1. The van der Waals surface area contributed by atoms with Gasteiger partial charge in [0.05, 0.1) is 0 Å². The first-order valence-corrected chi connectivity index (χ1v) is 7.57. The molecule has 1 rings (SSSR count). The van der Waals surface area contributed by atoms with Gasteiger partial charge in [-0.1, -0.05) is 43.7 Å². The Hall–Kier alpha value is -0.900. The van der Waals surface area contributed by atoms with Crippen LogP contribution >= 0.6 is 0 Å². The Morgan fingerprint density at radius 2 is 1.60 bits per heavy atom. The number of rotatable bonds is 8. The number of benzene rings is 1. The van der Waals surface area contributed by atoms with Crippen molar-refractivity contribution in [1.82, 2.24) is 9.80 Å². The fourth-order valence-electron chi connectivity index (χ4n) is 2.31. The van der Waals surface area contributed by atoms with Crippen LogP contribution in [0.15, 0.2) is 24.3 Å². The molecule has 0 radical (unpaired) electrons. The maximum absolute atomic E-state index is 6.37. The van der Waals surface area contributed by atoms with Crippen LogP contribution in [0.2, 0.25) is 0 Å². The maximum atomic E-state index is 6.37. The largest absolute Gasteiger partial charge is 0.323 e. The molecule has 114 valence electrons. The Morgan fingerprint density at radius 3 is 2.10 bits per heavy atom. The van der Waals surface area contributed by atoms with Gasteiger partial charge in [-0.05, 0) is 32.5 Å². The van der Waals surface area contributed by atoms with Crippen molar-refractivity contribution in [1.29, 1.82) is 0 Å². The highest BCUT2D eigenvalue weighted by atomic mass is 15.2. The molecule has 0 aliphatic heterocycles. The molecule has 0 fully saturated rings. The average molecular weight is 277 g/mol. The molecule has 0 aromatic heterocycles. The van der Waals surface area contributed by atoms with Crippen molar-refractivity contribution in [3.8, 4) is 0 Å². The summed E-state index contributed by atoms with van der Waals surface area (Å²) in [4.78, 5) is 4.71. The molecular weight excluding hydrogens is 246 g/mol. The van der Waals surface area contributed by atoms with Gasteiger partial charge < -0.3 is 10.6 Å². The van der Waals surface area contributed by atoms with Crippen LogP contribution in [0, 0.1) is 12.8 Å². The van der Waals surface area contributed by atoms with E-state index in [2.05, 4.69) is 68.9 Å². The van der Waals surface area contributed by atoms with E-state index < -0.39 is 0 Å². The van der Waals surface area contributed by atoms with E-state index in [1.165, 1.54) is 11.1 Å². The van der Waals surface area contributed by atoms with Crippen molar-refractivity contribution < 1.29 is 0 Å². The lowest BCUT2D eigenvalue weighted by molar-refractivity contribution is 0.208. The zero-order chi connectivity index (χ0) is 15.1. The quantitative estimate of drug-likeness (QED) is 0.792. The van der Waals surface area contributed by atoms with Gasteiger partial charge in [-0.2, -0.15) is 0 Å². The molecule has 0 aliphatic carbocycles. The number of hydrogen-bond acceptors (Lipinski definition) is 3. The molecule has 20 heavy (non-hydrogen) atoms. The molecule has 2 N–H and O–H groups in total. The molecule has 0 spiro atoms. The zero-order valence-corrected chi connectivity index (χ0v) is 13.8. The summed E-state index contributed by atoms with van der Waals surface area (Å²) in [6.07, 6.45) is 0. The number of nitrogens with two attached hydrogens (primary N) is 1. The van der Waals surface area contributed by atoms with Crippen LogP contribution in [-0.2, 0) is 0 Å². The summed E-state index contributed by atoms with van der Waals surface area (Å²) >= 11 is 0. The topological polar surface area (TPSA) is 32.5 Å². The normalized spacial score (nSPS) is 13.4. The van der Waals surface area contributed by atoms with Crippen LogP contribution in [0.3, 0.4) is 0 Å². The molecule has 0 bridgehead atoms. The molecule has 1 aromatic rings. The first kappa shape index (κ1) is 17.2. The van der Waals surface area contributed by atoms with E-state index in [0.717, 1.165) is 26.2 Å². The van der Waals surface area contributed by atoms with Crippen molar-refractivity contribution in [2.24, 2.45) is 11.7 Å². The second-order valence-corrected chi connectivity index (χ2v) is 6.47. The minimum atomic E-state index is 0.0940. The summed E-state index contributed by atoms with van der Waals surface area (Å²) in [5.41, 5.74) is 8.89. The van der Waals surface area contributed by atoms with E-state index >= 15 is 0 Å². The molecule has 0 amide bonds. The van der Waals surface area contributed by atoms with E-state index in [0.29, 0.717) is 5.92 Å². The molecule has 0 saturated carbocycles. The number of nitrogens with zero attached hydrogens (tertiary/aromatic N) is 2. The summed E-state index contributed by atoms with van der Waals surface area (Å²) in [6, 6.07) is 8.68. The molecule has 1 atom stereocenters. The van der Waals surface area contributed by atoms with Gasteiger partial charge in [-0.25, -0.2) is 0 Å². The van der Waals surface area contributed by atoms with Crippen LogP contribution in [-0.4, -0.2) is 50.1 Å². The molecule has 3 nitrogen and oxygen atoms in total. The Balaban J connectivity index is 2.60. The Labute approximate surface area is 124 Å². The fourth-order valence-corrected chi connectivity index (χ4v) is 2.31. The van der Waals surface area contributed by atoms with Crippen LogP contribution in [0.1, 0.15) is 31.0 Å². The van der Waals surface area contributed by atoms with Crippen molar-refractivity contribution in [3.63, 3.8) is 0 Å². The molecule has 1 aromatic carbocycles. The average Bonchev–Trinajstić information content (AvgIpc) is 2.36. The SMILES string of the molecule is Cc1ccc(C(N)CN(CCN(C)C)CC(C)C)cc1. The first-order valence-electron chi connectivity index (χ1n) is 7.57. The summed E-state index contributed by atoms with van der Waals surface area (Å²) in [7, 11) is 4.24. The molecule has 0 aliphatic rings. The monoisotopic (exact) mass is 277 g/mol. The lowest BCUT2D eigenvalue weighted by Gasteiger charge is -2.28. The number of hydrogen-bond donors (Lipinski definition) is 1. The number of likely N-dealkylation sites (N-methyl/N-ethyl adjacent to an activating group) is 1. The molecule has 3 heteroatoms. The third-order valence-corrected chi connectivity index (χ3v) is 3.45. The Morgan fingerprint density at radius 1 is 1.00 bits per heavy atom. The van der Waals surface area contributed by atoms with Crippen LogP contribution in [0.5, 0.6) is 0 Å². The predicted molar refractivity (Wildman–Crippen MR) is 87.9 cm³/mol. The smallest absolute Gasteiger partial charge is 0.0424 e. The Bertz CT molecular complexity index is 370. The third-order valence-electron chi connectivity index (χ3n) is 3.45. The van der Waals surface area contributed by atoms with E-state index in [-0.39, 0.29) is 6.04 Å². The summed E-state index contributed by atoms with van der Waals surface area (Å²) in [5, 5.41) is 0. The van der Waals surface area contributed by atoms with Crippen LogP contribution in [0.4, 0.5) is 0 Å². The standard InChI is InChI=1S/C17H31N3/c1-14(2)12-20(11-10-19(4)5)13-17(18)16-8-6-15(3)7-9-16/h6-9,14,17H,10-13,18H2,1-5H3. The molecule has 0 heterocycles. The molecule has 1 unspecified atom stereocenters. The summed E-state index contributed by atoms with van der Waals surface area (Å²) in [6.45, 7) is 10.8. The van der Waals surface area contributed by atoms with Crippen molar-refractivity contribution in [2.75, 3.05) is 40.3 Å². The van der Waals surface area contributed by atoms with Gasteiger partial charge >= 0.3 is 0 Å². The van der Waals surface area contributed by atoms with E-state index in [1.54, 1.807) is 0 Å². The minimum absolute atomic E-state index is 0.0940. The summed E-state index contributed by atoms with van der Waals surface area (Å²) in [5.74, 6) is 0.669. The first-order chi connectivity index (χ1) is 9.38. The highest BCUT2D eigenvalue weighted by Crippen LogP contribution is 2.13. The zero-order valence-electron chi connectivity index (χ0n) is 13.8. The second-order valence-electron chi connectivity index (χ2n) is 6.47. The highest BCUT2D eigenvalue weighted by Gasteiger charge is 2.13. The van der Waals surface area contributed by atoms with Crippen LogP contribution in [0.25, 0.3) is 0 Å². The minimum Gasteiger partial charge on any atom is -0.323 e. The van der Waals surface area contributed by atoms with Crippen LogP contribution < -0.4 is 5.73 Å². The highest BCUT2D eigenvalue weighted by molar-refractivity contribution is 5.24. The molecule has 0 saturated heterocycles. The lowest BCUT2D eigenvalue weighted by atomic mass is 10.0. The van der Waals surface area contributed by atoms with E-state index in [4.69, 9.17) is 5.73 Å². The van der Waals surface area contributed by atoms with Gasteiger partial charge in [-0.3, -0.25) is 4.90 Å². The van der Waals surface area contributed by atoms with Gasteiger partial charge in [0.15, 0.2) is 0 Å². The fraction of sp³-hybridized carbons (Fsp3) is 0.647. The van der Waals surface area contributed by atoms with Gasteiger partial charge in [0.2, 0.25) is 0 Å².